The highest BCUT2D eigenvalue weighted by molar-refractivity contribution is 7.99. The van der Waals surface area contributed by atoms with Crippen LogP contribution in [-0.4, -0.2) is 25.3 Å². The Hall–Kier alpha value is -3.44. The summed E-state index contributed by atoms with van der Waals surface area (Å²) in [5.74, 6) is 1.24. The quantitative estimate of drug-likeness (QED) is 0.257. The number of aromatic nitrogens is 3. The molecule has 0 spiro atoms. The van der Waals surface area contributed by atoms with Crippen molar-refractivity contribution in [2.45, 2.75) is 24.3 Å². The van der Waals surface area contributed by atoms with Crippen LogP contribution in [0, 0.1) is 0 Å². The Morgan fingerprint density at radius 2 is 1.29 bits per heavy atom. The second kappa shape index (κ2) is 8.00. The number of rotatable bonds is 4. The summed E-state index contributed by atoms with van der Waals surface area (Å²) < 4.78 is 0. The summed E-state index contributed by atoms with van der Waals surface area (Å²) in [6.07, 6.45) is 0. The first-order chi connectivity index (χ1) is 15.1. The van der Waals surface area contributed by atoms with E-state index >= 15 is 0 Å². The minimum atomic E-state index is 0.156. The van der Waals surface area contributed by atoms with Gasteiger partial charge in [-0.3, -0.25) is 0 Å². The van der Waals surface area contributed by atoms with Gasteiger partial charge in [0.25, 0.3) is 0 Å². The molecule has 0 unspecified atom stereocenters. The van der Waals surface area contributed by atoms with Crippen molar-refractivity contribution in [2.75, 3.05) is 0 Å². The minimum absolute atomic E-state index is 0.156. The number of phenols is 1. The fourth-order valence-corrected chi connectivity index (χ4v) is 4.46. The summed E-state index contributed by atoms with van der Waals surface area (Å²) in [4.78, 5) is 14.3. The third kappa shape index (κ3) is 3.73. The lowest BCUT2D eigenvalue weighted by Crippen LogP contribution is -2.01. The first-order valence-corrected chi connectivity index (χ1v) is 11.1. The lowest BCUT2D eigenvalue weighted by atomic mass is 9.97. The van der Waals surface area contributed by atoms with Gasteiger partial charge in [0.1, 0.15) is 5.75 Å². The molecule has 0 bridgehead atoms. The maximum absolute atomic E-state index is 10.4. The molecule has 0 atom stereocenters. The number of fused-ring (bicyclic) bond motifs is 3. The van der Waals surface area contributed by atoms with Gasteiger partial charge in [-0.2, -0.15) is 0 Å². The minimum Gasteiger partial charge on any atom is -0.507 e. The number of para-hydroxylation sites is 1. The fourth-order valence-electron chi connectivity index (χ4n) is 3.76. The number of hydrogen-bond donors (Lipinski definition) is 1. The van der Waals surface area contributed by atoms with E-state index in [-0.39, 0.29) is 5.75 Å². The normalized spacial score (nSPS) is 11.5. The van der Waals surface area contributed by atoms with E-state index in [9.17, 15) is 5.11 Å². The van der Waals surface area contributed by atoms with Gasteiger partial charge in [0.2, 0.25) is 0 Å². The number of hydrogen-bond acceptors (Lipinski definition) is 5. The summed E-state index contributed by atoms with van der Waals surface area (Å²) in [5.41, 5.74) is 1.56. The predicted molar refractivity (Wildman–Crippen MR) is 128 cm³/mol. The first-order valence-electron chi connectivity index (χ1n) is 10.2. The summed E-state index contributed by atoms with van der Waals surface area (Å²) >= 11 is 1.59. The molecule has 0 amide bonds. The molecule has 4 aromatic carbocycles. The molecule has 0 saturated heterocycles. The number of phenolic OH excluding ortho intramolecular Hbond substituents is 1. The average molecular weight is 424 g/mol. The highest BCUT2D eigenvalue weighted by Gasteiger charge is 2.17. The molecule has 0 aliphatic heterocycles. The SMILES string of the molecule is CC(C)Sc1nc(-c2ccccc2O)nc(-c2cc3ccccc3c3ccccc23)n1. The van der Waals surface area contributed by atoms with E-state index in [4.69, 9.17) is 9.97 Å². The van der Waals surface area contributed by atoms with Gasteiger partial charge >= 0.3 is 0 Å². The Morgan fingerprint density at radius 1 is 0.677 bits per heavy atom. The van der Waals surface area contributed by atoms with Crippen LogP contribution in [0.5, 0.6) is 5.75 Å². The molecule has 0 radical (unpaired) electrons. The van der Waals surface area contributed by atoms with Crippen molar-refractivity contribution in [3.8, 4) is 28.5 Å². The number of benzene rings is 4. The van der Waals surface area contributed by atoms with Crippen LogP contribution in [0.1, 0.15) is 13.8 Å². The molecule has 0 aliphatic carbocycles. The second-order valence-electron chi connectivity index (χ2n) is 7.64. The average Bonchev–Trinajstić information content (AvgIpc) is 2.78. The van der Waals surface area contributed by atoms with Crippen LogP contribution >= 0.6 is 11.8 Å². The van der Waals surface area contributed by atoms with Crippen molar-refractivity contribution >= 4 is 33.3 Å². The summed E-state index contributed by atoms with van der Waals surface area (Å²) in [6, 6.07) is 26.0. The van der Waals surface area contributed by atoms with E-state index < -0.39 is 0 Å². The fraction of sp³-hybridized carbons (Fsp3) is 0.115. The third-order valence-corrected chi connectivity index (χ3v) is 5.97. The summed E-state index contributed by atoms with van der Waals surface area (Å²) in [6.45, 7) is 4.22. The van der Waals surface area contributed by atoms with Crippen LogP contribution in [-0.2, 0) is 0 Å². The Bertz CT molecular complexity index is 1410. The van der Waals surface area contributed by atoms with E-state index in [1.54, 1.807) is 23.9 Å². The van der Waals surface area contributed by atoms with Crippen LogP contribution in [0.2, 0.25) is 0 Å². The molecular formula is C26H21N3OS. The highest BCUT2D eigenvalue weighted by Crippen LogP contribution is 2.36. The zero-order valence-electron chi connectivity index (χ0n) is 17.3. The molecule has 5 heteroatoms. The Morgan fingerprint density at radius 3 is 2.03 bits per heavy atom. The Labute approximate surface area is 185 Å². The smallest absolute Gasteiger partial charge is 0.191 e. The summed E-state index contributed by atoms with van der Waals surface area (Å²) in [5, 5.41) is 16.0. The van der Waals surface area contributed by atoms with Gasteiger partial charge < -0.3 is 5.11 Å². The first kappa shape index (κ1) is 19.5. The Balaban J connectivity index is 1.81. The van der Waals surface area contributed by atoms with Crippen LogP contribution in [0.3, 0.4) is 0 Å². The molecular weight excluding hydrogens is 402 g/mol. The van der Waals surface area contributed by atoms with E-state index in [1.807, 2.05) is 24.3 Å². The second-order valence-corrected chi connectivity index (χ2v) is 9.18. The van der Waals surface area contributed by atoms with E-state index in [1.165, 1.54) is 5.39 Å². The maximum atomic E-state index is 10.4. The molecule has 1 N–H and O–H groups in total. The number of nitrogens with zero attached hydrogens (tertiary/aromatic N) is 3. The van der Waals surface area contributed by atoms with E-state index in [0.717, 1.165) is 21.7 Å². The molecule has 152 valence electrons. The lowest BCUT2D eigenvalue weighted by Gasteiger charge is -2.13. The van der Waals surface area contributed by atoms with Crippen LogP contribution in [0.25, 0.3) is 44.3 Å². The largest absolute Gasteiger partial charge is 0.507 e. The standard InChI is InChI=1S/C26H21N3OS/c1-16(2)31-26-28-24(21-13-7-8-14-23(21)30)27-25(29-26)22-15-17-9-3-4-10-18(17)19-11-5-6-12-20(19)22/h3-16,30H,1-2H3. The molecule has 4 nitrogen and oxygen atoms in total. The van der Waals surface area contributed by atoms with E-state index in [0.29, 0.717) is 27.6 Å². The van der Waals surface area contributed by atoms with Crippen molar-refractivity contribution in [3.63, 3.8) is 0 Å². The molecule has 5 rings (SSSR count). The van der Waals surface area contributed by atoms with Gasteiger partial charge in [-0.05, 0) is 39.7 Å². The van der Waals surface area contributed by atoms with Crippen LogP contribution in [0.4, 0.5) is 0 Å². The molecule has 0 fully saturated rings. The van der Waals surface area contributed by atoms with Gasteiger partial charge in [-0.25, -0.2) is 15.0 Å². The molecule has 0 saturated carbocycles. The van der Waals surface area contributed by atoms with Gasteiger partial charge in [-0.15, -0.1) is 0 Å². The van der Waals surface area contributed by atoms with Crippen molar-refractivity contribution in [1.29, 1.82) is 0 Å². The predicted octanol–water partition coefficient (Wildman–Crippen LogP) is 6.72. The third-order valence-electron chi connectivity index (χ3n) is 5.11. The number of aromatic hydroxyl groups is 1. The Kier molecular flexibility index (Phi) is 5.04. The zero-order valence-corrected chi connectivity index (χ0v) is 18.1. The molecule has 1 aromatic heterocycles. The highest BCUT2D eigenvalue weighted by atomic mass is 32.2. The summed E-state index contributed by atoms with van der Waals surface area (Å²) in [7, 11) is 0. The zero-order chi connectivity index (χ0) is 21.4. The van der Waals surface area contributed by atoms with Crippen molar-refractivity contribution < 1.29 is 5.11 Å². The lowest BCUT2D eigenvalue weighted by molar-refractivity contribution is 0.477. The van der Waals surface area contributed by atoms with E-state index in [2.05, 4.69) is 61.3 Å². The number of thioether (sulfide) groups is 1. The van der Waals surface area contributed by atoms with Gasteiger partial charge in [0.15, 0.2) is 16.8 Å². The van der Waals surface area contributed by atoms with Gasteiger partial charge in [-0.1, -0.05) is 86.3 Å². The molecule has 0 aliphatic rings. The van der Waals surface area contributed by atoms with Crippen molar-refractivity contribution in [3.05, 3.63) is 78.9 Å². The van der Waals surface area contributed by atoms with Crippen molar-refractivity contribution in [1.82, 2.24) is 15.0 Å². The molecule has 1 heterocycles. The molecule has 5 aromatic rings. The molecule has 31 heavy (non-hydrogen) atoms. The van der Waals surface area contributed by atoms with Gasteiger partial charge in [0, 0.05) is 10.8 Å². The maximum Gasteiger partial charge on any atom is 0.191 e. The topological polar surface area (TPSA) is 58.9 Å². The van der Waals surface area contributed by atoms with Crippen molar-refractivity contribution in [2.24, 2.45) is 0 Å². The van der Waals surface area contributed by atoms with Crippen LogP contribution < -0.4 is 0 Å². The van der Waals surface area contributed by atoms with Gasteiger partial charge in [0.05, 0.1) is 5.56 Å². The van der Waals surface area contributed by atoms with Crippen LogP contribution in [0.15, 0.2) is 84.0 Å². The monoisotopic (exact) mass is 423 g/mol.